The lowest BCUT2D eigenvalue weighted by atomic mass is 10.0. The van der Waals surface area contributed by atoms with Crippen LogP contribution in [-0.2, 0) is 4.79 Å². The second-order valence-corrected chi connectivity index (χ2v) is 3.74. The molecule has 0 unspecified atom stereocenters. The maximum absolute atomic E-state index is 10.5. The number of rotatable bonds is 2. The summed E-state index contributed by atoms with van der Waals surface area (Å²) in [4.78, 5) is 10.5. The van der Waals surface area contributed by atoms with Crippen LogP contribution in [0.4, 0.5) is 0 Å². The molecule has 0 atom stereocenters. The van der Waals surface area contributed by atoms with Gasteiger partial charge < -0.3 is 9.84 Å². The minimum Gasteiger partial charge on any atom is -0.495 e. The number of aliphatic carboxylic acids is 1. The molecule has 0 aliphatic rings. The van der Waals surface area contributed by atoms with Crippen molar-refractivity contribution in [3.8, 4) is 17.6 Å². The van der Waals surface area contributed by atoms with Crippen molar-refractivity contribution in [2.45, 2.75) is 6.42 Å². The summed E-state index contributed by atoms with van der Waals surface area (Å²) in [6.45, 7) is 0. The van der Waals surface area contributed by atoms with Crippen molar-refractivity contribution in [3.05, 3.63) is 42.0 Å². The van der Waals surface area contributed by atoms with E-state index in [2.05, 4.69) is 11.8 Å². The van der Waals surface area contributed by atoms with Crippen LogP contribution in [0.3, 0.4) is 0 Å². The molecule has 2 rings (SSSR count). The number of methoxy groups -OCH3 is 1. The normalized spacial score (nSPS) is 9.61. The molecule has 0 amide bonds. The number of carbonyl (C=O) groups is 1. The van der Waals surface area contributed by atoms with Crippen LogP contribution < -0.4 is 4.74 Å². The van der Waals surface area contributed by atoms with E-state index in [-0.39, 0.29) is 6.42 Å². The van der Waals surface area contributed by atoms with Crippen molar-refractivity contribution in [1.82, 2.24) is 0 Å². The lowest BCUT2D eigenvalue weighted by Gasteiger charge is -2.06. The lowest BCUT2D eigenvalue weighted by molar-refractivity contribution is -0.135. The van der Waals surface area contributed by atoms with Gasteiger partial charge in [-0.1, -0.05) is 42.2 Å². The Hall–Kier alpha value is -2.47. The topological polar surface area (TPSA) is 46.5 Å². The highest BCUT2D eigenvalue weighted by molar-refractivity contribution is 5.90. The average Bonchev–Trinajstić information content (AvgIpc) is 2.38. The minimum atomic E-state index is -0.929. The summed E-state index contributed by atoms with van der Waals surface area (Å²) in [7, 11) is 1.58. The fourth-order valence-electron chi connectivity index (χ4n) is 1.76. The predicted molar refractivity (Wildman–Crippen MR) is 69.6 cm³/mol. The van der Waals surface area contributed by atoms with Crippen LogP contribution in [-0.4, -0.2) is 18.2 Å². The fourth-order valence-corrected chi connectivity index (χ4v) is 1.76. The van der Waals surface area contributed by atoms with E-state index < -0.39 is 5.97 Å². The van der Waals surface area contributed by atoms with E-state index in [9.17, 15) is 4.79 Å². The first-order valence-corrected chi connectivity index (χ1v) is 5.49. The minimum absolute atomic E-state index is 0.174. The molecule has 0 aromatic heterocycles. The van der Waals surface area contributed by atoms with Crippen LogP contribution in [0, 0.1) is 11.8 Å². The molecule has 3 nitrogen and oxygen atoms in total. The average molecular weight is 240 g/mol. The molecule has 0 heterocycles. The summed E-state index contributed by atoms with van der Waals surface area (Å²) in [6, 6.07) is 11.6. The quantitative estimate of drug-likeness (QED) is 0.821. The van der Waals surface area contributed by atoms with Crippen molar-refractivity contribution in [2.24, 2.45) is 0 Å². The summed E-state index contributed by atoms with van der Waals surface area (Å²) in [6.07, 6.45) is -0.174. The maximum atomic E-state index is 10.5. The highest BCUT2D eigenvalue weighted by atomic mass is 16.5. The molecule has 0 saturated carbocycles. The van der Waals surface area contributed by atoms with Gasteiger partial charge in [-0.25, -0.2) is 0 Å². The summed E-state index contributed by atoms with van der Waals surface area (Å²) in [5, 5.41) is 10.6. The SMILES string of the molecule is COc1ccc2ccccc2c1C#CCC(=O)O. The highest BCUT2D eigenvalue weighted by Gasteiger charge is 2.05. The molecule has 0 bridgehead atoms. The van der Waals surface area contributed by atoms with E-state index >= 15 is 0 Å². The number of carboxylic acids is 1. The van der Waals surface area contributed by atoms with E-state index in [0.717, 1.165) is 16.3 Å². The zero-order chi connectivity index (χ0) is 13.0. The standard InChI is InChI=1S/C15H12O3/c1-18-14-10-9-11-5-2-3-6-12(11)13(14)7-4-8-15(16)17/h2-3,5-6,9-10H,8H2,1H3,(H,16,17). The molecule has 0 saturated heterocycles. The number of benzene rings is 2. The zero-order valence-corrected chi connectivity index (χ0v) is 9.93. The van der Waals surface area contributed by atoms with Gasteiger partial charge >= 0.3 is 5.97 Å². The Morgan fingerprint density at radius 1 is 1.28 bits per heavy atom. The molecule has 0 radical (unpaired) electrons. The zero-order valence-electron chi connectivity index (χ0n) is 9.93. The van der Waals surface area contributed by atoms with E-state index in [4.69, 9.17) is 9.84 Å². The van der Waals surface area contributed by atoms with Crippen LogP contribution in [0.5, 0.6) is 5.75 Å². The molecule has 2 aromatic carbocycles. The molecule has 18 heavy (non-hydrogen) atoms. The second-order valence-electron chi connectivity index (χ2n) is 3.74. The third kappa shape index (κ3) is 2.44. The first-order chi connectivity index (χ1) is 8.72. The Bertz CT molecular complexity index is 648. The number of ether oxygens (including phenoxy) is 1. The second kappa shape index (κ2) is 5.24. The van der Waals surface area contributed by atoms with Crippen molar-refractivity contribution >= 4 is 16.7 Å². The van der Waals surface area contributed by atoms with E-state index in [1.54, 1.807) is 7.11 Å². The maximum Gasteiger partial charge on any atom is 0.315 e. The van der Waals surface area contributed by atoms with Gasteiger partial charge in [0, 0.05) is 5.39 Å². The summed E-state index contributed by atoms with van der Waals surface area (Å²) >= 11 is 0. The Morgan fingerprint density at radius 3 is 2.78 bits per heavy atom. The van der Waals surface area contributed by atoms with Gasteiger partial charge in [0.15, 0.2) is 0 Å². The molecule has 90 valence electrons. The van der Waals surface area contributed by atoms with Gasteiger partial charge in [0.25, 0.3) is 0 Å². The molecule has 0 aliphatic carbocycles. The van der Waals surface area contributed by atoms with Gasteiger partial charge in [0.2, 0.25) is 0 Å². The van der Waals surface area contributed by atoms with Gasteiger partial charge in [0.05, 0.1) is 12.7 Å². The molecule has 2 aromatic rings. The van der Waals surface area contributed by atoms with Gasteiger partial charge in [-0.3, -0.25) is 4.79 Å². The number of carboxylic acid groups (broad SMARTS) is 1. The largest absolute Gasteiger partial charge is 0.495 e. The molecular weight excluding hydrogens is 228 g/mol. The Morgan fingerprint density at radius 2 is 2.06 bits per heavy atom. The number of hydrogen-bond acceptors (Lipinski definition) is 2. The van der Waals surface area contributed by atoms with Crippen molar-refractivity contribution in [1.29, 1.82) is 0 Å². The fraction of sp³-hybridized carbons (Fsp3) is 0.133. The molecule has 3 heteroatoms. The van der Waals surface area contributed by atoms with Crippen LogP contribution in [0.15, 0.2) is 36.4 Å². The van der Waals surface area contributed by atoms with Crippen LogP contribution in [0.2, 0.25) is 0 Å². The van der Waals surface area contributed by atoms with E-state index in [0.29, 0.717) is 5.75 Å². The lowest BCUT2D eigenvalue weighted by Crippen LogP contribution is -1.92. The Kier molecular flexibility index (Phi) is 3.49. The van der Waals surface area contributed by atoms with Crippen molar-refractivity contribution < 1.29 is 14.6 Å². The monoisotopic (exact) mass is 240 g/mol. The van der Waals surface area contributed by atoms with Gasteiger partial charge in [-0.05, 0) is 11.5 Å². The first-order valence-electron chi connectivity index (χ1n) is 5.49. The third-order valence-corrected chi connectivity index (χ3v) is 2.56. The van der Waals surface area contributed by atoms with E-state index in [1.807, 2.05) is 36.4 Å². The predicted octanol–water partition coefficient (Wildman–Crippen LogP) is 2.67. The summed E-state index contributed by atoms with van der Waals surface area (Å²) < 4.78 is 5.26. The van der Waals surface area contributed by atoms with E-state index in [1.165, 1.54) is 0 Å². The van der Waals surface area contributed by atoms with Gasteiger partial charge in [-0.15, -0.1) is 0 Å². The van der Waals surface area contributed by atoms with Gasteiger partial charge in [0.1, 0.15) is 12.2 Å². The first kappa shape index (κ1) is 12.0. The summed E-state index contributed by atoms with van der Waals surface area (Å²) in [5.74, 6) is 5.25. The Labute approximate surface area is 105 Å². The summed E-state index contributed by atoms with van der Waals surface area (Å²) in [5.41, 5.74) is 0.733. The molecular formula is C15H12O3. The molecule has 0 fully saturated rings. The van der Waals surface area contributed by atoms with Crippen LogP contribution in [0.1, 0.15) is 12.0 Å². The molecule has 1 N–H and O–H groups in total. The molecule has 0 aliphatic heterocycles. The third-order valence-electron chi connectivity index (χ3n) is 2.56. The smallest absolute Gasteiger partial charge is 0.315 e. The van der Waals surface area contributed by atoms with Crippen LogP contribution in [0.25, 0.3) is 10.8 Å². The molecule has 0 spiro atoms. The van der Waals surface area contributed by atoms with Crippen molar-refractivity contribution in [3.63, 3.8) is 0 Å². The van der Waals surface area contributed by atoms with Gasteiger partial charge in [-0.2, -0.15) is 0 Å². The number of hydrogen-bond donors (Lipinski definition) is 1. The van der Waals surface area contributed by atoms with Crippen LogP contribution >= 0.6 is 0 Å². The number of fused-ring (bicyclic) bond motifs is 1. The highest BCUT2D eigenvalue weighted by Crippen LogP contribution is 2.26. The Balaban J connectivity index is 2.56. The van der Waals surface area contributed by atoms with Crippen molar-refractivity contribution in [2.75, 3.05) is 7.11 Å².